The monoisotopic (exact) mass is 481 g/mol. The summed E-state index contributed by atoms with van der Waals surface area (Å²) in [5.41, 5.74) is 11.4. The molecule has 5 aromatic rings. The van der Waals surface area contributed by atoms with Crippen molar-refractivity contribution in [2.24, 2.45) is 5.73 Å². The molecule has 0 unspecified atom stereocenters. The quantitative estimate of drug-likeness (QED) is 0.321. The van der Waals surface area contributed by atoms with Crippen LogP contribution in [0.1, 0.15) is 36.5 Å². The zero-order chi connectivity index (χ0) is 25.2. The first-order chi connectivity index (χ1) is 17.5. The highest BCUT2D eigenvalue weighted by molar-refractivity contribution is 5.83. The van der Waals surface area contributed by atoms with Crippen LogP contribution in [-0.2, 0) is 13.2 Å². The van der Waals surface area contributed by atoms with E-state index >= 15 is 0 Å². The zero-order valence-corrected chi connectivity index (χ0v) is 20.9. The number of aryl methyl sites for hydroxylation is 1. The second kappa shape index (κ2) is 9.87. The molecule has 0 aliphatic rings. The Labute approximate surface area is 210 Å². The van der Waals surface area contributed by atoms with Crippen molar-refractivity contribution in [2.45, 2.75) is 39.8 Å². The van der Waals surface area contributed by atoms with E-state index in [1.807, 2.05) is 66.9 Å². The van der Waals surface area contributed by atoms with Crippen LogP contribution >= 0.6 is 0 Å². The lowest BCUT2D eigenvalue weighted by Gasteiger charge is -2.18. The Balaban J connectivity index is 1.62. The Morgan fingerprint density at radius 2 is 1.86 bits per heavy atom. The second-order valence-corrected chi connectivity index (χ2v) is 9.36. The van der Waals surface area contributed by atoms with E-state index in [1.54, 1.807) is 4.57 Å². The summed E-state index contributed by atoms with van der Waals surface area (Å²) in [4.78, 5) is 13.0. The van der Waals surface area contributed by atoms with Gasteiger partial charge >= 0.3 is 5.69 Å². The Morgan fingerprint density at radius 3 is 2.61 bits per heavy atom. The van der Waals surface area contributed by atoms with E-state index in [1.165, 1.54) is 5.56 Å². The summed E-state index contributed by atoms with van der Waals surface area (Å²) in [6.45, 7) is 8.13. The van der Waals surface area contributed by atoms with Gasteiger partial charge in [-0.05, 0) is 65.9 Å². The molecule has 0 atom stereocenters. The van der Waals surface area contributed by atoms with E-state index in [0.29, 0.717) is 30.6 Å². The van der Waals surface area contributed by atoms with E-state index in [4.69, 9.17) is 10.5 Å². The number of hydrogen-bond acceptors (Lipinski definition) is 4. The maximum absolute atomic E-state index is 13.0. The number of rotatable bonds is 8. The van der Waals surface area contributed by atoms with Gasteiger partial charge in [-0.1, -0.05) is 44.2 Å². The molecule has 2 aromatic heterocycles. The molecule has 184 valence electrons. The van der Waals surface area contributed by atoms with Gasteiger partial charge in [0.2, 0.25) is 0 Å². The van der Waals surface area contributed by atoms with Crippen molar-refractivity contribution in [3.63, 3.8) is 0 Å². The van der Waals surface area contributed by atoms with Crippen molar-refractivity contribution >= 4 is 10.9 Å². The molecule has 0 radical (unpaired) electrons. The third-order valence-electron chi connectivity index (χ3n) is 6.52. The molecule has 3 N–H and O–H groups in total. The fourth-order valence-corrected chi connectivity index (χ4v) is 4.73. The molecule has 0 aliphatic carbocycles. The van der Waals surface area contributed by atoms with Gasteiger partial charge in [-0.2, -0.15) is 5.10 Å². The largest absolute Gasteiger partial charge is 0.488 e. The van der Waals surface area contributed by atoms with E-state index < -0.39 is 0 Å². The highest BCUT2D eigenvalue weighted by Gasteiger charge is 2.20. The molecule has 5 rings (SSSR count). The van der Waals surface area contributed by atoms with E-state index in [0.717, 1.165) is 39.8 Å². The molecular formula is C29H31N5O2. The lowest BCUT2D eigenvalue weighted by molar-refractivity contribution is 0.307. The topological polar surface area (TPSA) is 90.9 Å². The van der Waals surface area contributed by atoms with Gasteiger partial charge in [0.1, 0.15) is 12.4 Å². The van der Waals surface area contributed by atoms with Crippen molar-refractivity contribution < 1.29 is 4.74 Å². The van der Waals surface area contributed by atoms with E-state index in [-0.39, 0.29) is 5.69 Å². The van der Waals surface area contributed by atoms with Crippen LogP contribution in [0.2, 0.25) is 0 Å². The third-order valence-corrected chi connectivity index (χ3v) is 6.52. The number of aromatic amines is 1. The SMILES string of the molecule is Cc1cc(OCc2ccccc2)c(-c2n[nH]c(=O)n2-c2ccc3c(ccn3CCN)c2)cc1C(C)C. The molecule has 7 heteroatoms. The number of hydrogen-bond donors (Lipinski definition) is 2. The summed E-state index contributed by atoms with van der Waals surface area (Å²) in [5.74, 6) is 1.52. The molecule has 0 aliphatic heterocycles. The van der Waals surface area contributed by atoms with Crippen LogP contribution in [0.4, 0.5) is 0 Å². The average Bonchev–Trinajstić information content (AvgIpc) is 3.46. The Morgan fingerprint density at radius 1 is 1.06 bits per heavy atom. The average molecular weight is 482 g/mol. The summed E-state index contributed by atoms with van der Waals surface area (Å²) < 4.78 is 10.0. The standard InChI is InChI=1S/C29H31N5O2/c1-19(2)24-17-25(27(15-20(24)3)36-18-21-7-5-4-6-8-21)28-31-32-29(35)34(28)23-9-10-26-22(16-23)11-13-33(26)14-12-30/h4-11,13,15-17,19H,12,14,18,30H2,1-3H3,(H,32,35). The van der Waals surface area contributed by atoms with Crippen LogP contribution in [0.3, 0.4) is 0 Å². The molecule has 0 fully saturated rings. The Kier molecular flexibility index (Phi) is 6.48. The van der Waals surface area contributed by atoms with Crippen LogP contribution in [-0.4, -0.2) is 25.9 Å². The summed E-state index contributed by atoms with van der Waals surface area (Å²) in [7, 11) is 0. The number of nitrogens with zero attached hydrogens (tertiary/aromatic N) is 3. The van der Waals surface area contributed by atoms with E-state index in [2.05, 4.69) is 41.6 Å². The molecule has 7 nitrogen and oxygen atoms in total. The van der Waals surface area contributed by atoms with Crippen molar-refractivity contribution in [2.75, 3.05) is 6.54 Å². The summed E-state index contributed by atoms with van der Waals surface area (Å²) in [5, 5.41) is 8.13. The van der Waals surface area contributed by atoms with Gasteiger partial charge in [-0.25, -0.2) is 14.5 Å². The van der Waals surface area contributed by atoms with Gasteiger partial charge in [-0.15, -0.1) is 0 Å². The second-order valence-electron chi connectivity index (χ2n) is 9.36. The molecule has 0 saturated carbocycles. The van der Waals surface area contributed by atoms with Crippen LogP contribution < -0.4 is 16.2 Å². The Bertz CT molecular complexity index is 1560. The molecule has 2 heterocycles. The van der Waals surface area contributed by atoms with Crippen molar-refractivity contribution in [3.05, 3.63) is 100 Å². The number of fused-ring (bicyclic) bond motifs is 1. The molecule has 3 aromatic carbocycles. The normalized spacial score (nSPS) is 11.5. The zero-order valence-electron chi connectivity index (χ0n) is 20.9. The van der Waals surface area contributed by atoms with E-state index in [9.17, 15) is 4.79 Å². The first kappa shape index (κ1) is 23.6. The lowest BCUT2D eigenvalue weighted by Crippen LogP contribution is -2.16. The predicted molar refractivity (Wildman–Crippen MR) is 144 cm³/mol. The van der Waals surface area contributed by atoms with Gasteiger partial charge in [-0.3, -0.25) is 0 Å². The van der Waals surface area contributed by atoms with Crippen molar-refractivity contribution in [3.8, 4) is 22.8 Å². The highest BCUT2D eigenvalue weighted by Crippen LogP contribution is 2.35. The van der Waals surface area contributed by atoms with Crippen LogP contribution in [0.25, 0.3) is 28.0 Å². The number of benzene rings is 3. The summed E-state index contributed by atoms with van der Waals surface area (Å²) in [6.07, 6.45) is 2.02. The van der Waals surface area contributed by atoms with Crippen LogP contribution in [0, 0.1) is 6.92 Å². The highest BCUT2D eigenvalue weighted by atomic mass is 16.5. The van der Waals surface area contributed by atoms with Gasteiger partial charge < -0.3 is 15.0 Å². The molecule has 0 amide bonds. The molecule has 0 saturated heterocycles. The fourth-order valence-electron chi connectivity index (χ4n) is 4.73. The third kappa shape index (κ3) is 4.45. The number of nitrogens with one attached hydrogen (secondary N) is 1. The van der Waals surface area contributed by atoms with Gasteiger partial charge in [0.25, 0.3) is 0 Å². The maximum Gasteiger partial charge on any atom is 0.348 e. The van der Waals surface area contributed by atoms with Gasteiger partial charge in [0.15, 0.2) is 5.82 Å². The number of H-pyrrole nitrogens is 1. The van der Waals surface area contributed by atoms with Crippen molar-refractivity contribution in [1.29, 1.82) is 0 Å². The summed E-state index contributed by atoms with van der Waals surface area (Å²) >= 11 is 0. The molecular weight excluding hydrogens is 450 g/mol. The fraction of sp³-hybridized carbons (Fsp3) is 0.241. The predicted octanol–water partition coefficient (Wildman–Crippen LogP) is 5.15. The minimum absolute atomic E-state index is 0.300. The minimum atomic E-state index is -0.300. The number of ether oxygens (including phenoxy) is 1. The lowest BCUT2D eigenvalue weighted by atomic mass is 9.95. The Hall–Kier alpha value is -4.10. The number of nitrogens with two attached hydrogens (primary N) is 1. The molecule has 0 bridgehead atoms. The minimum Gasteiger partial charge on any atom is -0.488 e. The van der Waals surface area contributed by atoms with Gasteiger partial charge in [0, 0.05) is 30.2 Å². The first-order valence-electron chi connectivity index (χ1n) is 12.2. The number of aromatic nitrogens is 4. The molecule has 36 heavy (non-hydrogen) atoms. The maximum atomic E-state index is 13.0. The van der Waals surface area contributed by atoms with Crippen LogP contribution in [0.15, 0.2) is 77.7 Å². The first-order valence-corrected chi connectivity index (χ1v) is 12.2. The smallest absolute Gasteiger partial charge is 0.348 e. The summed E-state index contributed by atoms with van der Waals surface area (Å²) in [6, 6.07) is 22.2. The molecule has 0 spiro atoms. The van der Waals surface area contributed by atoms with Gasteiger partial charge in [0.05, 0.1) is 11.3 Å². The van der Waals surface area contributed by atoms with Crippen LogP contribution in [0.5, 0.6) is 5.75 Å². The van der Waals surface area contributed by atoms with Crippen molar-refractivity contribution in [1.82, 2.24) is 19.3 Å².